The highest BCUT2D eigenvalue weighted by molar-refractivity contribution is 6.28. The van der Waals surface area contributed by atoms with Crippen molar-refractivity contribution < 1.29 is 19.7 Å². The Hall–Kier alpha value is -3.08. The predicted molar refractivity (Wildman–Crippen MR) is 130 cm³/mol. The minimum absolute atomic E-state index is 0.0522. The van der Waals surface area contributed by atoms with Crippen LogP contribution in [0, 0.1) is 0 Å². The zero-order valence-corrected chi connectivity index (χ0v) is 19.7. The van der Waals surface area contributed by atoms with Crippen LogP contribution in [-0.4, -0.2) is 68.3 Å². The van der Waals surface area contributed by atoms with Crippen LogP contribution in [0.4, 0.5) is 11.5 Å². The molecule has 0 spiro atoms. The maximum Gasteiger partial charge on any atom is 0.226 e. The predicted octanol–water partition coefficient (Wildman–Crippen LogP) is 3.03. The lowest BCUT2D eigenvalue weighted by Gasteiger charge is -2.20. The lowest BCUT2D eigenvalue weighted by atomic mass is 9.93. The molecular formula is C25H24ClN5O4. The molecule has 4 heterocycles. The number of aliphatic hydroxyl groups is 2. The number of rotatable bonds is 5. The Balaban J connectivity index is 1.43. The van der Waals surface area contributed by atoms with Gasteiger partial charge in [-0.1, -0.05) is 48.5 Å². The number of fused-ring (bicyclic) bond motifs is 2. The van der Waals surface area contributed by atoms with Gasteiger partial charge in [-0.25, -0.2) is 4.98 Å². The second-order valence-corrected chi connectivity index (χ2v) is 9.11. The number of para-hydroxylation sites is 1. The lowest BCUT2D eigenvalue weighted by molar-refractivity contribution is -0.0580. The van der Waals surface area contributed by atoms with E-state index in [1.54, 1.807) is 4.57 Å². The van der Waals surface area contributed by atoms with E-state index in [1.165, 1.54) is 24.6 Å². The van der Waals surface area contributed by atoms with Gasteiger partial charge in [-0.05, 0) is 28.8 Å². The fourth-order valence-corrected chi connectivity index (χ4v) is 5.25. The summed E-state index contributed by atoms with van der Waals surface area (Å²) in [5.74, 6) is 0.731. The van der Waals surface area contributed by atoms with E-state index in [9.17, 15) is 10.2 Å². The number of imidazole rings is 1. The smallest absolute Gasteiger partial charge is 0.226 e. The number of aromatic nitrogens is 4. The molecule has 3 unspecified atom stereocenters. The van der Waals surface area contributed by atoms with E-state index >= 15 is 0 Å². The van der Waals surface area contributed by atoms with Crippen LogP contribution >= 0.6 is 11.6 Å². The van der Waals surface area contributed by atoms with Crippen molar-refractivity contribution in [2.75, 3.05) is 25.2 Å². The van der Waals surface area contributed by atoms with Gasteiger partial charge < -0.3 is 24.6 Å². The van der Waals surface area contributed by atoms with E-state index in [0.717, 1.165) is 5.69 Å². The van der Waals surface area contributed by atoms with Gasteiger partial charge >= 0.3 is 0 Å². The van der Waals surface area contributed by atoms with Gasteiger partial charge in [-0.15, -0.1) is 0 Å². The van der Waals surface area contributed by atoms with Crippen LogP contribution in [-0.2, 0) is 9.47 Å². The first-order valence-corrected chi connectivity index (χ1v) is 11.8. The van der Waals surface area contributed by atoms with E-state index in [-0.39, 0.29) is 17.8 Å². The van der Waals surface area contributed by atoms with Gasteiger partial charge in [-0.3, -0.25) is 4.57 Å². The number of halogens is 1. The average molecular weight is 494 g/mol. The third-order valence-corrected chi connectivity index (χ3v) is 6.91. The van der Waals surface area contributed by atoms with E-state index in [1.807, 2.05) is 30.3 Å². The molecule has 180 valence electrons. The molecule has 2 N–H and O–H groups in total. The van der Waals surface area contributed by atoms with Gasteiger partial charge in [0, 0.05) is 25.3 Å². The zero-order chi connectivity index (χ0) is 24.1. The molecule has 0 radical (unpaired) electrons. The van der Waals surface area contributed by atoms with Gasteiger partial charge in [0.25, 0.3) is 0 Å². The molecule has 2 aliphatic heterocycles. The first-order valence-electron chi connectivity index (χ1n) is 11.4. The number of ether oxygens (including phenoxy) is 2. The summed E-state index contributed by atoms with van der Waals surface area (Å²) in [7, 11) is 1.51. The highest BCUT2D eigenvalue weighted by atomic mass is 35.5. The molecule has 2 aromatic carbocycles. The van der Waals surface area contributed by atoms with Crippen LogP contribution in [0.1, 0.15) is 23.3 Å². The van der Waals surface area contributed by atoms with Crippen molar-refractivity contribution in [3.05, 3.63) is 77.3 Å². The standard InChI is InChI=1S/C25H24ClN5O4/c1-34-12-18-20(32)21(33)24(35-18)31-13-27-19-22(28-25(26)29-23(19)31)30-11-16(14-7-3-2-4-8-14)15-9-5-6-10-17(15)30/h2-10,13,16,18,20-21,24,32-33H,11-12H2,1H3/t16?,18-,20?,21?,24-/m1/s1. The summed E-state index contributed by atoms with van der Waals surface area (Å²) in [6.45, 7) is 0.809. The number of nitrogens with zero attached hydrogens (tertiary/aromatic N) is 5. The Morgan fingerprint density at radius 3 is 2.63 bits per heavy atom. The summed E-state index contributed by atoms with van der Waals surface area (Å²) >= 11 is 6.40. The van der Waals surface area contributed by atoms with E-state index in [2.05, 4.69) is 44.1 Å². The number of benzene rings is 2. The van der Waals surface area contributed by atoms with Crippen molar-refractivity contribution in [1.29, 1.82) is 0 Å². The second kappa shape index (κ2) is 8.85. The Labute approximate surface area is 206 Å². The molecule has 10 heteroatoms. The monoisotopic (exact) mass is 493 g/mol. The SMILES string of the molecule is COC[C@H]1O[C@@H](n2cnc3c(N4CC(c5ccccc5)c5ccccc54)nc(Cl)nc32)C(O)C1O. The summed E-state index contributed by atoms with van der Waals surface area (Å²) in [6.07, 6.45) is -2.32. The van der Waals surface area contributed by atoms with Crippen molar-refractivity contribution in [3.63, 3.8) is 0 Å². The largest absolute Gasteiger partial charge is 0.387 e. The van der Waals surface area contributed by atoms with Crippen molar-refractivity contribution in [2.24, 2.45) is 0 Å². The number of hydrogen-bond acceptors (Lipinski definition) is 8. The normalized spacial score (nSPS) is 25.9. The van der Waals surface area contributed by atoms with Crippen LogP contribution < -0.4 is 4.90 Å². The molecule has 0 aliphatic carbocycles. The van der Waals surface area contributed by atoms with E-state index in [0.29, 0.717) is 23.5 Å². The minimum Gasteiger partial charge on any atom is -0.387 e. The van der Waals surface area contributed by atoms with Gasteiger partial charge in [0.2, 0.25) is 5.28 Å². The first-order chi connectivity index (χ1) is 17.1. The average Bonchev–Trinajstić information content (AvgIpc) is 3.55. The number of methoxy groups -OCH3 is 1. The van der Waals surface area contributed by atoms with Crippen LogP contribution in [0.5, 0.6) is 0 Å². The Bertz CT molecular complexity index is 1370. The lowest BCUT2D eigenvalue weighted by Crippen LogP contribution is -2.33. The van der Waals surface area contributed by atoms with Crippen LogP contribution in [0.2, 0.25) is 5.28 Å². The summed E-state index contributed by atoms with van der Waals surface area (Å²) in [5.41, 5.74) is 4.37. The van der Waals surface area contributed by atoms with E-state index < -0.39 is 24.5 Å². The molecule has 4 aromatic rings. The van der Waals surface area contributed by atoms with Crippen molar-refractivity contribution >= 4 is 34.3 Å². The quantitative estimate of drug-likeness (QED) is 0.409. The Kier molecular flexibility index (Phi) is 5.66. The van der Waals surface area contributed by atoms with Crippen LogP contribution in [0.3, 0.4) is 0 Å². The van der Waals surface area contributed by atoms with Gasteiger partial charge in [0.05, 0.1) is 12.9 Å². The van der Waals surface area contributed by atoms with Crippen molar-refractivity contribution in [3.8, 4) is 0 Å². The Morgan fingerprint density at radius 2 is 1.83 bits per heavy atom. The number of hydrogen-bond donors (Lipinski definition) is 2. The minimum atomic E-state index is -1.18. The topological polar surface area (TPSA) is 106 Å². The highest BCUT2D eigenvalue weighted by Crippen LogP contribution is 2.45. The number of aliphatic hydroxyl groups excluding tert-OH is 2. The molecule has 6 rings (SSSR count). The molecule has 35 heavy (non-hydrogen) atoms. The summed E-state index contributed by atoms with van der Waals surface area (Å²) in [5, 5.41) is 21.1. The molecule has 1 fully saturated rings. The van der Waals surface area contributed by atoms with Gasteiger partial charge in [0.1, 0.15) is 18.3 Å². The zero-order valence-electron chi connectivity index (χ0n) is 18.9. The summed E-state index contributed by atoms with van der Waals surface area (Å²) in [4.78, 5) is 15.7. The molecule has 0 saturated carbocycles. The van der Waals surface area contributed by atoms with E-state index in [4.69, 9.17) is 21.1 Å². The first kappa shape index (κ1) is 22.4. The van der Waals surface area contributed by atoms with Crippen LogP contribution in [0.15, 0.2) is 60.9 Å². The Morgan fingerprint density at radius 1 is 1.06 bits per heavy atom. The fraction of sp³-hybridized carbons (Fsp3) is 0.320. The molecular weight excluding hydrogens is 470 g/mol. The van der Waals surface area contributed by atoms with Gasteiger partial charge in [-0.2, -0.15) is 9.97 Å². The molecule has 2 aliphatic rings. The van der Waals surface area contributed by atoms with Crippen molar-refractivity contribution in [2.45, 2.75) is 30.5 Å². The third-order valence-electron chi connectivity index (χ3n) is 6.74. The van der Waals surface area contributed by atoms with Crippen LogP contribution in [0.25, 0.3) is 11.2 Å². The molecule has 9 nitrogen and oxygen atoms in total. The molecule has 2 aromatic heterocycles. The maximum absolute atomic E-state index is 10.7. The summed E-state index contributed by atoms with van der Waals surface area (Å²) in [6, 6.07) is 18.6. The molecule has 1 saturated heterocycles. The fourth-order valence-electron chi connectivity index (χ4n) is 5.09. The maximum atomic E-state index is 10.7. The molecule has 0 amide bonds. The number of anilines is 2. The molecule has 0 bridgehead atoms. The highest BCUT2D eigenvalue weighted by Gasteiger charge is 2.44. The second-order valence-electron chi connectivity index (χ2n) is 8.77. The van der Waals surface area contributed by atoms with Crippen molar-refractivity contribution in [1.82, 2.24) is 19.5 Å². The van der Waals surface area contributed by atoms with Gasteiger partial charge in [0.15, 0.2) is 23.2 Å². The molecule has 5 atom stereocenters. The third kappa shape index (κ3) is 3.67. The summed E-state index contributed by atoms with van der Waals surface area (Å²) < 4.78 is 12.6.